The van der Waals surface area contributed by atoms with Gasteiger partial charge in [-0.15, -0.1) is 0 Å². The van der Waals surface area contributed by atoms with Crippen molar-refractivity contribution in [1.29, 1.82) is 0 Å². The summed E-state index contributed by atoms with van der Waals surface area (Å²) in [6.45, 7) is 2.39. The van der Waals surface area contributed by atoms with Gasteiger partial charge >= 0.3 is 0 Å². The van der Waals surface area contributed by atoms with E-state index >= 15 is 0 Å². The lowest BCUT2D eigenvalue weighted by molar-refractivity contribution is 0.390. The average molecular weight is 407 g/mol. The van der Waals surface area contributed by atoms with Crippen LogP contribution in [0.5, 0.6) is 0 Å². The van der Waals surface area contributed by atoms with Gasteiger partial charge < -0.3 is 15.2 Å². The van der Waals surface area contributed by atoms with E-state index in [9.17, 15) is 0 Å². The second kappa shape index (κ2) is 8.28. The molecule has 0 saturated heterocycles. The van der Waals surface area contributed by atoms with E-state index in [1.54, 1.807) is 0 Å². The molecule has 6 heteroatoms. The van der Waals surface area contributed by atoms with Gasteiger partial charge in [-0.3, -0.25) is 0 Å². The highest BCUT2D eigenvalue weighted by molar-refractivity contribution is 5.86. The Kier molecular flexibility index (Phi) is 5.02. The van der Waals surface area contributed by atoms with Crippen LogP contribution in [0.2, 0.25) is 0 Å². The number of aryl methyl sites for hydroxylation is 1. The van der Waals surface area contributed by atoms with E-state index in [0.717, 1.165) is 28.5 Å². The van der Waals surface area contributed by atoms with Crippen molar-refractivity contribution in [3.05, 3.63) is 96.4 Å². The Bertz CT molecular complexity index is 1330. The largest absolute Gasteiger partial charge is 0.359 e. The van der Waals surface area contributed by atoms with E-state index in [4.69, 9.17) is 4.52 Å². The molecular weight excluding hydrogens is 386 g/mol. The van der Waals surface area contributed by atoms with Crippen molar-refractivity contribution in [2.45, 2.75) is 13.5 Å². The van der Waals surface area contributed by atoms with E-state index in [-0.39, 0.29) is 0 Å². The molecule has 0 saturated carbocycles. The van der Waals surface area contributed by atoms with Crippen LogP contribution in [0, 0.1) is 6.92 Å². The lowest BCUT2D eigenvalue weighted by atomic mass is 10.1. The smallest absolute Gasteiger partial charge is 0.225 e. The highest BCUT2D eigenvalue weighted by atomic mass is 16.5. The third kappa shape index (κ3) is 4.38. The van der Waals surface area contributed by atoms with Gasteiger partial charge in [-0.2, -0.15) is 4.98 Å². The van der Waals surface area contributed by atoms with Crippen molar-refractivity contribution in [2.24, 2.45) is 0 Å². The Morgan fingerprint density at radius 1 is 0.806 bits per heavy atom. The van der Waals surface area contributed by atoms with E-state index in [1.807, 2.05) is 67.6 Å². The fraction of sp³-hybridized carbons (Fsp3) is 0.0800. The molecule has 0 radical (unpaired) electrons. The molecule has 6 nitrogen and oxygen atoms in total. The number of nitrogens with one attached hydrogen (secondary N) is 2. The third-order valence-corrected chi connectivity index (χ3v) is 4.93. The first-order valence-corrected chi connectivity index (χ1v) is 10.1. The summed E-state index contributed by atoms with van der Waals surface area (Å²) in [6, 6.07) is 28.3. The molecular formula is C25H21N5O. The van der Waals surface area contributed by atoms with Crippen molar-refractivity contribution >= 4 is 28.2 Å². The van der Waals surface area contributed by atoms with Crippen LogP contribution in [-0.4, -0.2) is 15.1 Å². The van der Waals surface area contributed by atoms with Gasteiger partial charge in [0.15, 0.2) is 5.76 Å². The van der Waals surface area contributed by atoms with Crippen LogP contribution in [0.1, 0.15) is 11.5 Å². The van der Waals surface area contributed by atoms with Crippen LogP contribution in [-0.2, 0) is 6.54 Å². The number of hydrogen-bond acceptors (Lipinski definition) is 6. The molecule has 0 fully saturated rings. The SMILES string of the molecule is Cc1cc(Nc2ccc3ccccc3c2)nc(NCc2cc(-c3ccccc3)no2)n1. The highest BCUT2D eigenvalue weighted by Crippen LogP contribution is 2.23. The summed E-state index contributed by atoms with van der Waals surface area (Å²) in [6.07, 6.45) is 0. The van der Waals surface area contributed by atoms with Gasteiger partial charge in [-0.05, 0) is 29.8 Å². The lowest BCUT2D eigenvalue weighted by Crippen LogP contribution is -2.06. The Labute approximate surface area is 180 Å². The molecule has 2 N–H and O–H groups in total. The van der Waals surface area contributed by atoms with Crippen LogP contribution < -0.4 is 10.6 Å². The Morgan fingerprint density at radius 2 is 1.61 bits per heavy atom. The van der Waals surface area contributed by atoms with Crippen molar-refractivity contribution < 1.29 is 4.52 Å². The first-order valence-electron chi connectivity index (χ1n) is 10.1. The van der Waals surface area contributed by atoms with Crippen molar-refractivity contribution in [2.75, 3.05) is 10.6 Å². The van der Waals surface area contributed by atoms with Gasteiger partial charge in [-0.25, -0.2) is 4.98 Å². The van der Waals surface area contributed by atoms with Crippen LogP contribution in [0.3, 0.4) is 0 Å². The number of rotatable bonds is 6. The molecule has 0 aliphatic rings. The molecule has 0 atom stereocenters. The quantitative estimate of drug-likeness (QED) is 0.362. The van der Waals surface area contributed by atoms with Gasteiger partial charge in [0.05, 0.1) is 6.54 Å². The highest BCUT2D eigenvalue weighted by Gasteiger charge is 2.08. The Hall–Kier alpha value is -4.19. The van der Waals surface area contributed by atoms with Gasteiger partial charge in [0.25, 0.3) is 0 Å². The monoisotopic (exact) mass is 407 g/mol. The van der Waals surface area contributed by atoms with Gasteiger partial charge in [0, 0.05) is 29.1 Å². The summed E-state index contributed by atoms with van der Waals surface area (Å²) >= 11 is 0. The summed E-state index contributed by atoms with van der Waals surface area (Å²) < 4.78 is 5.45. The predicted molar refractivity (Wildman–Crippen MR) is 123 cm³/mol. The fourth-order valence-corrected chi connectivity index (χ4v) is 3.43. The standard InChI is InChI=1S/C25H21N5O/c1-17-13-24(28-21-12-11-18-7-5-6-10-20(18)14-21)29-25(27-17)26-16-22-15-23(30-31-22)19-8-3-2-4-9-19/h2-15H,16H2,1H3,(H2,26,27,28,29). The average Bonchev–Trinajstić information content (AvgIpc) is 3.27. The third-order valence-electron chi connectivity index (χ3n) is 4.93. The molecule has 5 aromatic rings. The van der Waals surface area contributed by atoms with Gasteiger partial charge in [-0.1, -0.05) is 65.8 Å². The van der Waals surface area contributed by atoms with E-state index in [2.05, 4.69) is 50.0 Å². The summed E-state index contributed by atoms with van der Waals surface area (Å²) in [5, 5.41) is 13.1. The number of anilines is 3. The maximum absolute atomic E-state index is 5.45. The number of hydrogen-bond donors (Lipinski definition) is 2. The Balaban J connectivity index is 1.30. The first-order chi connectivity index (χ1) is 15.2. The predicted octanol–water partition coefficient (Wildman–Crippen LogP) is 5.95. The lowest BCUT2D eigenvalue weighted by Gasteiger charge is -2.10. The molecule has 0 aliphatic carbocycles. The topological polar surface area (TPSA) is 75.9 Å². The molecule has 2 heterocycles. The maximum atomic E-state index is 5.45. The normalized spacial score (nSPS) is 10.9. The van der Waals surface area contributed by atoms with Gasteiger partial charge in [0.1, 0.15) is 11.5 Å². The van der Waals surface area contributed by atoms with Crippen molar-refractivity contribution in [1.82, 2.24) is 15.1 Å². The minimum Gasteiger partial charge on any atom is -0.359 e. The van der Waals surface area contributed by atoms with E-state index in [0.29, 0.717) is 18.3 Å². The second-order valence-corrected chi connectivity index (χ2v) is 7.30. The van der Waals surface area contributed by atoms with Crippen LogP contribution >= 0.6 is 0 Å². The summed E-state index contributed by atoms with van der Waals surface area (Å²) in [5.41, 5.74) is 3.67. The Morgan fingerprint density at radius 3 is 2.48 bits per heavy atom. The minimum absolute atomic E-state index is 0.443. The van der Waals surface area contributed by atoms with Crippen LogP contribution in [0.4, 0.5) is 17.5 Å². The maximum Gasteiger partial charge on any atom is 0.225 e. The zero-order chi connectivity index (χ0) is 21.0. The number of aromatic nitrogens is 3. The molecule has 152 valence electrons. The van der Waals surface area contributed by atoms with Crippen molar-refractivity contribution in [3.63, 3.8) is 0 Å². The molecule has 3 aromatic carbocycles. The molecule has 0 bridgehead atoms. The van der Waals surface area contributed by atoms with Crippen LogP contribution in [0.15, 0.2) is 89.5 Å². The molecule has 0 unspecified atom stereocenters. The number of nitrogens with zero attached hydrogens (tertiary/aromatic N) is 3. The van der Waals surface area contributed by atoms with Gasteiger partial charge in [0.2, 0.25) is 5.95 Å². The van der Waals surface area contributed by atoms with E-state index < -0.39 is 0 Å². The molecule has 0 amide bonds. The zero-order valence-electron chi connectivity index (χ0n) is 17.0. The molecule has 2 aromatic heterocycles. The molecule has 0 spiro atoms. The zero-order valence-corrected chi connectivity index (χ0v) is 17.0. The van der Waals surface area contributed by atoms with E-state index in [1.165, 1.54) is 10.8 Å². The molecule has 31 heavy (non-hydrogen) atoms. The fourth-order valence-electron chi connectivity index (χ4n) is 3.43. The van der Waals surface area contributed by atoms with Crippen molar-refractivity contribution in [3.8, 4) is 11.3 Å². The number of benzene rings is 3. The summed E-state index contributed by atoms with van der Waals surface area (Å²) in [7, 11) is 0. The minimum atomic E-state index is 0.443. The second-order valence-electron chi connectivity index (χ2n) is 7.30. The number of fused-ring (bicyclic) bond motifs is 1. The first kappa shape index (κ1) is 18.8. The summed E-state index contributed by atoms with van der Waals surface area (Å²) in [5.74, 6) is 1.97. The molecule has 0 aliphatic heterocycles. The molecule has 5 rings (SSSR count). The summed E-state index contributed by atoms with van der Waals surface area (Å²) in [4.78, 5) is 9.07. The van der Waals surface area contributed by atoms with Crippen LogP contribution in [0.25, 0.3) is 22.0 Å².